The minimum absolute atomic E-state index is 0. The zero-order valence-electron chi connectivity index (χ0n) is 19.5. The highest BCUT2D eigenvalue weighted by atomic mass is 16.5. The first-order valence-corrected chi connectivity index (χ1v) is 12.1. The molecule has 0 saturated carbocycles. The van der Waals surface area contributed by atoms with Crippen LogP contribution in [0.3, 0.4) is 0 Å². The normalized spacial score (nSPS) is 17.0. The zero-order chi connectivity index (χ0) is 22.9. The molecule has 2 aromatic carbocycles. The molecular formula is C29H31N4O. The second-order valence-electron chi connectivity index (χ2n) is 9.25. The highest BCUT2D eigenvalue weighted by molar-refractivity contribution is 5.78. The fourth-order valence-corrected chi connectivity index (χ4v) is 4.71. The Morgan fingerprint density at radius 1 is 1.00 bits per heavy atom. The van der Waals surface area contributed by atoms with Crippen LogP contribution in [0.1, 0.15) is 25.4 Å². The van der Waals surface area contributed by atoms with Crippen LogP contribution in [0.2, 0.25) is 0 Å². The first-order chi connectivity index (χ1) is 16.7. The van der Waals surface area contributed by atoms with Gasteiger partial charge in [-0.1, -0.05) is 67.1 Å². The van der Waals surface area contributed by atoms with E-state index in [0.717, 1.165) is 67.2 Å². The van der Waals surface area contributed by atoms with Crippen LogP contribution in [0.15, 0.2) is 78.8 Å². The molecule has 2 aliphatic rings. The number of nitrogens with zero attached hydrogens (tertiary/aromatic N) is 4. The summed E-state index contributed by atoms with van der Waals surface area (Å²) in [5.41, 5.74) is 9.42. The predicted octanol–water partition coefficient (Wildman–Crippen LogP) is 5.43. The van der Waals surface area contributed by atoms with Crippen LogP contribution in [0.4, 0.5) is 0 Å². The van der Waals surface area contributed by atoms with Gasteiger partial charge in [0.05, 0.1) is 19.4 Å². The molecule has 2 aromatic heterocycles. The van der Waals surface area contributed by atoms with E-state index in [-0.39, 0.29) is 1.43 Å². The van der Waals surface area contributed by atoms with Gasteiger partial charge in [-0.05, 0) is 28.7 Å². The minimum atomic E-state index is 0. The van der Waals surface area contributed by atoms with E-state index in [9.17, 15) is 0 Å². The molecule has 1 aliphatic carbocycles. The smallest absolute Gasteiger partial charge is 0.162 e. The SMILES string of the molecule is C[C@@H](C1=C[CH]1)c1cccc(-c2cnn3cc(-c4ccc(CCN5CCOCC5)cc4)cnc23)c1.[HH]. The molecule has 1 aliphatic heterocycles. The van der Waals surface area contributed by atoms with Crippen LogP contribution in [0.25, 0.3) is 27.9 Å². The zero-order valence-corrected chi connectivity index (χ0v) is 19.5. The summed E-state index contributed by atoms with van der Waals surface area (Å²) < 4.78 is 7.33. The van der Waals surface area contributed by atoms with Crippen molar-refractivity contribution in [2.75, 3.05) is 32.8 Å². The maximum Gasteiger partial charge on any atom is 0.162 e. The Labute approximate surface area is 202 Å². The second kappa shape index (κ2) is 9.16. The van der Waals surface area contributed by atoms with Crippen molar-refractivity contribution in [1.29, 1.82) is 0 Å². The quantitative estimate of drug-likeness (QED) is 0.376. The summed E-state index contributed by atoms with van der Waals surface area (Å²) in [6.45, 7) is 7.12. The van der Waals surface area contributed by atoms with Gasteiger partial charge < -0.3 is 4.74 Å². The molecule has 1 saturated heterocycles. The van der Waals surface area contributed by atoms with Crippen LogP contribution in [-0.4, -0.2) is 52.3 Å². The Hall–Kier alpha value is -3.28. The summed E-state index contributed by atoms with van der Waals surface area (Å²) in [7, 11) is 0. The van der Waals surface area contributed by atoms with Gasteiger partial charge in [0, 0.05) is 56.9 Å². The van der Waals surface area contributed by atoms with Gasteiger partial charge in [-0.15, -0.1) is 0 Å². The molecule has 1 atom stereocenters. The van der Waals surface area contributed by atoms with E-state index in [4.69, 9.17) is 9.72 Å². The molecule has 0 amide bonds. The third-order valence-corrected chi connectivity index (χ3v) is 7.02. The first kappa shape index (κ1) is 21.3. The molecule has 0 unspecified atom stereocenters. The van der Waals surface area contributed by atoms with Gasteiger partial charge >= 0.3 is 0 Å². The van der Waals surface area contributed by atoms with Gasteiger partial charge in [0.25, 0.3) is 0 Å². The summed E-state index contributed by atoms with van der Waals surface area (Å²) in [4.78, 5) is 7.27. The third-order valence-electron chi connectivity index (χ3n) is 7.02. The van der Waals surface area contributed by atoms with Crippen molar-refractivity contribution >= 4 is 5.65 Å². The van der Waals surface area contributed by atoms with Gasteiger partial charge in [0.15, 0.2) is 5.65 Å². The van der Waals surface area contributed by atoms with E-state index in [1.54, 1.807) is 0 Å². The van der Waals surface area contributed by atoms with E-state index in [0.29, 0.717) is 5.92 Å². The number of benzene rings is 2. The van der Waals surface area contributed by atoms with Crippen LogP contribution in [0, 0.1) is 6.42 Å². The van der Waals surface area contributed by atoms with Gasteiger partial charge in [0.1, 0.15) is 0 Å². The van der Waals surface area contributed by atoms with Crippen LogP contribution in [-0.2, 0) is 11.2 Å². The lowest BCUT2D eigenvalue weighted by Crippen LogP contribution is -2.37. The molecule has 173 valence electrons. The molecule has 6 rings (SSSR count). The highest BCUT2D eigenvalue weighted by Crippen LogP contribution is 2.36. The molecule has 1 fully saturated rings. The summed E-state index contributed by atoms with van der Waals surface area (Å²) in [6.07, 6.45) is 11.4. The van der Waals surface area contributed by atoms with Crippen LogP contribution < -0.4 is 0 Å². The number of aromatic nitrogens is 3. The number of hydrogen-bond donors (Lipinski definition) is 0. The van der Waals surface area contributed by atoms with Gasteiger partial charge in [-0.25, -0.2) is 9.50 Å². The van der Waals surface area contributed by atoms with E-state index in [1.807, 2.05) is 16.9 Å². The molecular weight excluding hydrogens is 420 g/mol. The lowest BCUT2D eigenvalue weighted by Gasteiger charge is -2.26. The topological polar surface area (TPSA) is 42.7 Å². The molecule has 0 spiro atoms. The number of rotatable bonds is 7. The van der Waals surface area contributed by atoms with Gasteiger partial charge in [-0.3, -0.25) is 4.90 Å². The molecule has 1 radical (unpaired) electrons. The van der Waals surface area contributed by atoms with Crippen molar-refractivity contribution in [1.82, 2.24) is 19.5 Å². The van der Waals surface area contributed by atoms with Crippen molar-refractivity contribution in [3.8, 4) is 22.3 Å². The molecule has 5 nitrogen and oxygen atoms in total. The monoisotopic (exact) mass is 451 g/mol. The Morgan fingerprint density at radius 3 is 2.62 bits per heavy atom. The number of hydrogen-bond acceptors (Lipinski definition) is 4. The number of allylic oxidation sites excluding steroid dienone is 2. The molecule has 3 heterocycles. The van der Waals surface area contributed by atoms with Crippen molar-refractivity contribution < 1.29 is 6.16 Å². The lowest BCUT2D eigenvalue weighted by molar-refractivity contribution is 0.0384. The van der Waals surface area contributed by atoms with Gasteiger partial charge in [-0.2, -0.15) is 5.10 Å². The third kappa shape index (κ3) is 4.41. The summed E-state index contributed by atoms with van der Waals surface area (Å²) in [5, 5.41) is 4.62. The Kier molecular flexibility index (Phi) is 5.73. The average Bonchev–Trinajstić information content (AvgIpc) is 3.67. The molecule has 0 N–H and O–H groups in total. The van der Waals surface area contributed by atoms with Crippen molar-refractivity contribution in [3.05, 3.63) is 96.3 Å². The predicted molar refractivity (Wildman–Crippen MR) is 138 cm³/mol. The Morgan fingerprint density at radius 2 is 1.82 bits per heavy atom. The number of fused-ring (bicyclic) bond motifs is 1. The number of ether oxygens (including phenoxy) is 1. The molecule has 34 heavy (non-hydrogen) atoms. The van der Waals surface area contributed by atoms with E-state index < -0.39 is 0 Å². The molecule has 5 heteroatoms. The second-order valence-corrected chi connectivity index (χ2v) is 9.25. The van der Waals surface area contributed by atoms with Crippen LogP contribution >= 0.6 is 0 Å². The standard InChI is InChI=1S/C29H29N4O.H2/c1-21(23-9-10-23)25-3-2-4-26(17-25)28-19-31-33-20-27(18-30-29(28)33)24-7-5-22(6-8-24)11-12-32-13-15-34-16-14-32;/h2-10,17-21H,11-16H2,1H3;1H/t21-;/m0./s1. The average molecular weight is 452 g/mol. The lowest BCUT2D eigenvalue weighted by atomic mass is 9.95. The van der Waals surface area contributed by atoms with Gasteiger partial charge in [0.2, 0.25) is 0 Å². The van der Waals surface area contributed by atoms with E-state index in [2.05, 4.69) is 84.1 Å². The van der Waals surface area contributed by atoms with E-state index >= 15 is 0 Å². The van der Waals surface area contributed by atoms with Crippen molar-refractivity contribution in [3.63, 3.8) is 0 Å². The summed E-state index contributed by atoms with van der Waals surface area (Å²) >= 11 is 0. The maximum absolute atomic E-state index is 5.44. The molecule has 0 bridgehead atoms. The van der Waals surface area contributed by atoms with Crippen LogP contribution in [0.5, 0.6) is 0 Å². The van der Waals surface area contributed by atoms with E-state index in [1.165, 1.54) is 16.7 Å². The summed E-state index contributed by atoms with van der Waals surface area (Å²) in [6, 6.07) is 17.6. The minimum Gasteiger partial charge on any atom is -0.379 e. The molecule has 4 aromatic rings. The fraction of sp³-hybridized carbons (Fsp3) is 0.276. The van der Waals surface area contributed by atoms with Crippen molar-refractivity contribution in [2.24, 2.45) is 0 Å². The fourth-order valence-electron chi connectivity index (χ4n) is 4.71. The maximum atomic E-state index is 5.44. The van der Waals surface area contributed by atoms with Crippen molar-refractivity contribution in [2.45, 2.75) is 19.3 Å². The highest BCUT2D eigenvalue weighted by Gasteiger charge is 2.19. The Balaban J connectivity index is 0.00000253. The Bertz CT molecular complexity index is 1340. The largest absolute Gasteiger partial charge is 0.379 e. The first-order valence-electron chi connectivity index (χ1n) is 12.1. The summed E-state index contributed by atoms with van der Waals surface area (Å²) in [5.74, 6) is 0.429. The number of morpholine rings is 1.